The van der Waals surface area contributed by atoms with E-state index in [-0.39, 0.29) is 10.8 Å². The lowest BCUT2D eigenvalue weighted by Crippen LogP contribution is -2.43. The lowest BCUT2D eigenvalue weighted by molar-refractivity contribution is 0.590. The van der Waals surface area contributed by atoms with Crippen LogP contribution in [-0.2, 0) is 10.8 Å². The van der Waals surface area contributed by atoms with Gasteiger partial charge in [0.05, 0.1) is 8.07 Å². The van der Waals surface area contributed by atoms with E-state index in [1.165, 1.54) is 70.2 Å². The number of hydrogen-bond donors (Lipinski definition) is 0. The highest BCUT2D eigenvalue weighted by Gasteiger charge is 2.48. The number of rotatable bonds is 8. The van der Waals surface area contributed by atoms with Gasteiger partial charge < -0.3 is 0 Å². The molecule has 4 aromatic rings. The van der Waals surface area contributed by atoms with Gasteiger partial charge in [-0.1, -0.05) is 190 Å². The van der Waals surface area contributed by atoms with E-state index in [2.05, 4.69) is 166 Å². The Balaban J connectivity index is 1.44. The molecule has 0 amide bonds. The third-order valence-corrected chi connectivity index (χ3v) is 15.3. The molecule has 47 heavy (non-hydrogen) atoms. The van der Waals surface area contributed by atoms with Crippen LogP contribution >= 0.6 is 0 Å². The van der Waals surface area contributed by atoms with Crippen LogP contribution in [0.2, 0.25) is 13.1 Å². The van der Waals surface area contributed by atoms with Crippen molar-refractivity contribution in [3.63, 3.8) is 0 Å². The minimum absolute atomic E-state index is 0.156. The zero-order chi connectivity index (χ0) is 33.7. The van der Waals surface area contributed by atoms with Gasteiger partial charge in [-0.3, -0.25) is 0 Å². The first-order valence-corrected chi connectivity index (χ1v) is 21.3. The lowest BCUT2D eigenvalue weighted by Gasteiger charge is -2.40. The molecule has 0 saturated heterocycles. The molecule has 0 spiro atoms. The number of hydrogen-bond acceptors (Lipinski definition) is 0. The molecule has 0 aliphatic heterocycles. The summed E-state index contributed by atoms with van der Waals surface area (Å²) in [4.78, 5) is 0. The molecule has 244 valence electrons. The second-order valence-corrected chi connectivity index (χ2v) is 21.7. The molecule has 4 aromatic carbocycles. The molecule has 0 heterocycles. The fraction of sp³-hybridized carbons (Fsp3) is 0.391. The predicted molar refractivity (Wildman–Crippen MR) is 210 cm³/mol. The van der Waals surface area contributed by atoms with E-state index in [9.17, 15) is 0 Å². The van der Waals surface area contributed by atoms with Crippen LogP contribution in [0.4, 0.5) is 0 Å². The van der Waals surface area contributed by atoms with E-state index in [0.717, 1.165) is 0 Å². The second kappa shape index (κ2) is 12.6. The summed E-state index contributed by atoms with van der Waals surface area (Å²) < 4.78 is 0. The summed E-state index contributed by atoms with van der Waals surface area (Å²) >= 11 is 0. The van der Waals surface area contributed by atoms with Crippen LogP contribution in [0.1, 0.15) is 126 Å². The summed E-state index contributed by atoms with van der Waals surface area (Å²) in [6.07, 6.45) is 9.93. The van der Waals surface area contributed by atoms with Crippen LogP contribution in [0.5, 0.6) is 0 Å². The van der Waals surface area contributed by atoms with Crippen LogP contribution < -0.4 is 0 Å². The van der Waals surface area contributed by atoms with Crippen molar-refractivity contribution in [2.75, 3.05) is 0 Å². The molecule has 2 atom stereocenters. The van der Waals surface area contributed by atoms with Crippen molar-refractivity contribution in [3.05, 3.63) is 129 Å². The second-order valence-electron chi connectivity index (χ2n) is 16.9. The molecular formula is C46H56Si. The van der Waals surface area contributed by atoms with Gasteiger partial charge in [0, 0.05) is 11.1 Å². The smallest absolute Gasteiger partial charge is 0.0679 e. The molecule has 0 N–H and O–H groups in total. The molecule has 2 aliphatic rings. The van der Waals surface area contributed by atoms with E-state index in [1.54, 1.807) is 22.3 Å². The van der Waals surface area contributed by atoms with E-state index in [4.69, 9.17) is 0 Å². The third kappa shape index (κ3) is 6.17. The fourth-order valence-electron chi connectivity index (χ4n) is 8.67. The molecular weight excluding hydrogens is 581 g/mol. The minimum atomic E-state index is -1.99. The van der Waals surface area contributed by atoms with Crippen molar-refractivity contribution in [2.24, 2.45) is 0 Å². The first kappa shape index (κ1) is 33.5. The van der Waals surface area contributed by atoms with E-state index < -0.39 is 8.07 Å². The largest absolute Gasteiger partial charge is 0.0722 e. The van der Waals surface area contributed by atoms with Crippen molar-refractivity contribution >= 4 is 20.2 Å². The molecule has 0 radical (unpaired) electrons. The normalized spacial score (nSPS) is 17.7. The number of benzene rings is 4. The lowest BCUT2D eigenvalue weighted by atomic mass is 9.86. The Bertz CT molecular complexity index is 1680. The van der Waals surface area contributed by atoms with E-state index >= 15 is 0 Å². The van der Waals surface area contributed by atoms with Gasteiger partial charge in [-0.15, -0.1) is 0 Å². The third-order valence-electron chi connectivity index (χ3n) is 11.0. The zero-order valence-corrected chi connectivity index (χ0v) is 31.7. The van der Waals surface area contributed by atoms with Crippen LogP contribution in [0.3, 0.4) is 0 Å². The molecule has 1 heteroatoms. The van der Waals surface area contributed by atoms with Gasteiger partial charge in [-0.25, -0.2) is 0 Å². The Labute approximate surface area is 287 Å². The molecule has 6 rings (SSSR count). The fourth-order valence-corrected chi connectivity index (χ4v) is 13.5. The molecule has 0 fully saturated rings. The Morgan fingerprint density at radius 3 is 1.19 bits per heavy atom. The first-order chi connectivity index (χ1) is 22.3. The summed E-state index contributed by atoms with van der Waals surface area (Å²) in [5.74, 6) is 0. The van der Waals surface area contributed by atoms with Gasteiger partial charge in [-0.05, 0) is 79.3 Å². The van der Waals surface area contributed by atoms with Gasteiger partial charge in [0.2, 0.25) is 0 Å². The molecule has 0 bridgehead atoms. The highest BCUT2D eigenvalue weighted by atomic mass is 28.3. The number of fused-ring (bicyclic) bond motifs is 2. The van der Waals surface area contributed by atoms with Crippen molar-refractivity contribution in [1.29, 1.82) is 0 Å². The first-order valence-electron chi connectivity index (χ1n) is 18.1. The molecule has 0 aromatic heterocycles. The zero-order valence-electron chi connectivity index (χ0n) is 30.7. The molecule has 0 saturated carbocycles. The van der Waals surface area contributed by atoms with Gasteiger partial charge >= 0.3 is 0 Å². The topological polar surface area (TPSA) is 0 Å². The number of allylic oxidation sites excluding steroid dienone is 2. The Hall–Kier alpha value is -3.42. The van der Waals surface area contributed by atoms with E-state index in [1.807, 2.05) is 0 Å². The van der Waals surface area contributed by atoms with Crippen molar-refractivity contribution in [2.45, 2.75) is 116 Å². The average molecular weight is 637 g/mol. The quantitative estimate of drug-likeness (QED) is 0.169. The van der Waals surface area contributed by atoms with Gasteiger partial charge in [0.25, 0.3) is 0 Å². The van der Waals surface area contributed by atoms with Crippen LogP contribution in [0, 0.1) is 0 Å². The summed E-state index contributed by atoms with van der Waals surface area (Å²) in [6, 6.07) is 33.0. The van der Waals surface area contributed by atoms with Crippen molar-refractivity contribution < 1.29 is 0 Å². The summed E-state index contributed by atoms with van der Waals surface area (Å²) in [5.41, 5.74) is 19.0. The van der Waals surface area contributed by atoms with E-state index in [0.29, 0.717) is 11.1 Å². The van der Waals surface area contributed by atoms with Crippen molar-refractivity contribution in [1.82, 2.24) is 0 Å². The summed E-state index contributed by atoms with van der Waals surface area (Å²) in [7, 11) is -1.99. The van der Waals surface area contributed by atoms with Gasteiger partial charge in [-0.2, -0.15) is 0 Å². The Kier molecular flexibility index (Phi) is 8.94. The SMILES string of the molecule is CCCC1=Cc2c(-c3ccc(C(C)(C)C)cc3)cccc2C1[Si](C)(C)C1C(CCC)=Cc2c(-c3ccc(C(C)(C)C)cc3)cccc21. The monoisotopic (exact) mass is 636 g/mol. The Morgan fingerprint density at radius 2 is 0.872 bits per heavy atom. The molecule has 2 aliphatic carbocycles. The standard InChI is InChI=1S/C46H56Si/c1-11-15-33-29-41-37(31-21-25-35(26-22-31)45(3,4)5)17-13-19-39(41)43(33)47(9,10)44-34(16-12-2)30-42-38(18-14-20-40(42)44)32-23-27-36(28-24-32)46(6,7)8/h13-14,17-30,43-44H,11-12,15-16H2,1-10H3. The van der Waals surface area contributed by atoms with Crippen LogP contribution in [0.25, 0.3) is 34.4 Å². The maximum Gasteiger partial charge on any atom is 0.0722 e. The summed E-state index contributed by atoms with van der Waals surface area (Å²) in [5, 5.41) is 0. The average Bonchev–Trinajstić information content (AvgIpc) is 3.59. The van der Waals surface area contributed by atoms with Gasteiger partial charge in [0.15, 0.2) is 0 Å². The molecule has 2 unspecified atom stereocenters. The molecule has 0 nitrogen and oxygen atoms in total. The summed E-state index contributed by atoms with van der Waals surface area (Å²) in [6.45, 7) is 23.9. The highest BCUT2D eigenvalue weighted by Crippen LogP contribution is 2.56. The highest BCUT2D eigenvalue weighted by molar-refractivity contribution is 6.81. The van der Waals surface area contributed by atoms with Crippen molar-refractivity contribution in [3.8, 4) is 22.3 Å². The Morgan fingerprint density at radius 1 is 0.511 bits per heavy atom. The minimum Gasteiger partial charge on any atom is -0.0679 e. The maximum absolute atomic E-state index is 2.70. The van der Waals surface area contributed by atoms with Gasteiger partial charge in [0.1, 0.15) is 0 Å². The predicted octanol–water partition coefficient (Wildman–Crippen LogP) is 13.7. The van der Waals surface area contributed by atoms with Crippen LogP contribution in [0.15, 0.2) is 96.1 Å². The maximum atomic E-state index is 2.70. The van der Waals surface area contributed by atoms with Crippen LogP contribution in [-0.4, -0.2) is 8.07 Å².